The van der Waals surface area contributed by atoms with Gasteiger partial charge in [0.25, 0.3) is 0 Å². The highest BCUT2D eigenvalue weighted by molar-refractivity contribution is 5.56. The molecule has 0 aliphatic carbocycles. The summed E-state index contributed by atoms with van der Waals surface area (Å²) in [4.78, 5) is 2.44. The molecule has 1 aliphatic heterocycles. The molecular formula is C18H30N3O. The molecule has 0 spiro atoms. The van der Waals surface area contributed by atoms with Gasteiger partial charge in [0.2, 0.25) is 0 Å². The van der Waals surface area contributed by atoms with Crippen LogP contribution in [0.25, 0.3) is 0 Å². The third-order valence-corrected chi connectivity index (χ3v) is 4.22. The predicted molar refractivity (Wildman–Crippen MR) is 93.6 cm³/mol. The Bertz CT molecular complexity index is 428. The van der Waals surface area contributed by atoms with Gasteiger partial charge in [0.1, 0.15) is 0 Å². The number of anilines is 2. The predicted octanol–water partition coefficient (Wildman–Crippen LogP) is 3.22. The van der Waals surface area contributed by atoms with E-state index in [2.05, 4.69) is 54.5 Å². The van der Waals surface area contributed by atoms with Gasteiger partial charge in [-0.3, -0.25) is 0 Å². The van der Waals surface area contributed by atoms with E-state index in [-0.39, 0.29) is 0 Å². The van der Waals surface area contributed by atoms with E-state index < -0.39 is 0 Å². The normalized spacial score (nSPS) is 17.5. The van der Waals surface area contributed by atoms with Gasteiger partial charge in [-0.05, 0) is 45.0 Å². The molecule has 1 aromatic carbocycles. The van der Waals surface area contributed by atoms with Gasteiger partial charge in [-0.15, -0.1) is 0 Å². The molecule has 22 heavy (non-hydrogen) atoms. The quantitative estimate of drug-likeness (QED) is 0.773. The first kappa shape index (κ1) is 17.1. The van der Waals surface area contributed by atoms with Crippen LogP contribution in [-0.4, -0.2) is 49.8 Å². The van der Waals surface area contributed by atoms with Gasteiger partial charge in [-0.2, -0.15) is 0 Å². The number of rotatable bonds is 8. The van der Waals surface area contributed by atoms with Gasteiger partial charge in [-0.1, -0.05) is 19.9 Å². The molecule has 2 N–H and O–H groups in total. The van der Waals surface area contributed by atoms with Gasteiger partial charge < -0.3 is 20.3 Å². The topological polar surface area (TPSA) is 36.5 Å². The van der Waals surface area contributed by atoms with E-state index in [0.717, 1.165) is 57.1 Å². The fourth-order valence-corrected chi connectivity index (χ4v) is 2.90. The molecule has 0 bridgehead atoms. The molecule has 1 heterocycles. The molecule has 2 rings (SSSR count). The summed E-state index contributed by atoms with van der Waals surface area (Å²) in [6.45, 7) is 11.6. The highest BCUT2D eigenvalue weighted by Crippen LogP contribution is 2.19. The zero-order valence-electron chi connectivity index (χ0n) is 14.2. The Balaban J connectivity index is 1.87. The molecule has 1 unspecified atom stereocenters. The first-order valence-electron chi connectivity index (χ1n) is 8.56. The maximum atomic E-state index is 5.40. The Kier molecular flexibility index (Phi) is 7.00. The Morgan fingerprint density at radius 1 is 1.32 bits per heavy atom. The number of hydrogen-bond donors (Lipinski definition) is 2. The fraction of sp³-hybridized carbons (Fsp3) is 0.667. The molecule has 1 aliphatic rings. The molecule has 1 aromatic rings. The zero-order valence-corrected chi connectivity index (χ0v) is 14.2. The van der Waals surface area contributed by atoms with Crippen LogP contribution in [0, 0.1) is 6.07 Å². The number of hydrogen-bond acceptors (Lipinski definition) is 4. The molecule has 1 atom stereocenters. The Morgan fingerprint density at radius 3 is 2.73 bits per heavy atom. The Morgan fingerprint density at radius 2 is 2.05 bits per heavy atom. The first-order valence-corrected chi connectivity index (χ1v) is 8.56. The van der Waals surface area contributed by atoms with Crippen molar-refractivity contribution in [1.29, 1.82) is 0 Å². The van der Waals surface area contributed by atoms with Gasteiger partial charge in [0.05, 0.1) is 0 Å². The van der Waals surface area contributed by atoms with E-state index in [1.807, 2.05) is 6.07 Å². The van der Waals surface area contributed by atoms with E-state index in [9.17, 15) is 0 Å². The van der Waals surface area contributed by atoms with Crippen LogP contribution in [0.1, 0.15) is 33.6 Å². The van der Waals surface area contributed by atoms with Crippen molar-refractivity contribution in [2.45, 2.75) is 45.7 Å². The van der Waals surface area contributed by atoms with Crippen LogP contribution in [0.4, 0.5) is 11.4 Å². The fourth-order valence-electron chi connectivity index (χ4n) is 2.90. The molecule has 0 saturated carbocycles. The van der Waals surface area contributed by atoms with Crippen molar-refractivity contribution in [2.24, 2.45) is 0 Å². The van der Waals surface area contributed by atoms with Gasteiger partial charge in [0, 0.05) is 49.3 Å². The minimum atomic E-state index is 0.429. The zero-order chi connectivity index (χ0) is 15.8. The van der Waals surface area contributed by atoms with E-state index in [4.69, 9.17) is 4.74 Å². The van der Waals surface area contributed by atoms with Crippen molar-refractivity contribution in [3.05, 3.63) is 24.3 Å². The van der Waals surface area contributed by atoms with Crippen molar-refractivity contribution in [2.75, 3.05) is 43.5 Å². The van der Waals surface area contributed by atoms with Crippen LogP contribution < -0.4 is 10.6 Å². The Hall–Kier alpha value is -1.26. The number of likely N-dealkylation sites (N-methyl/N-ethyl adjacent to an activating group) is 1. The molecule has 123 valence electrons. The van der Waals surface area contributed by atoms with E-state index in [1.54, 1.807) is 0 Å². The first-order chi connectivity index (χ1) is 10.7. The standard InChI is InChI=1S/C18H30N3O/c1-4-21(5-2)14-15(3)19-17-7-6-8-18(13-17)20-16-9-11-22-12-10-16/h6-7,13,15-16,19-20H,4-5,9-12,14H2,1-3H3. The molecule has 4 nitrogen and oxygen atoms in total. The Labute approximate surface area is 135 Å². The molecule has 0 aromatic heterocycles. The van der Waals surface area contributed by atoms with Crippen molar-refractivity contribution in [3.63, 3.8) is 0 Å². The minimum absolute atomic E-state index is 0.429. The number of nitrogens with zero attached hydrogens (tertiary/aromatic N) is 1. The lowest BCUT2D eigenvalue weighted by atomic mass is 10.1. The van der Waals surface area contributed by atoms with Crippen LogP contribution >= 0.6 is 0 Å². The molecule has 0 amide bonds. The maximum absolute atomic E-state index is 5.40. The van der Waals surface area contributed by atoms with E-state index in [0.29, 0.717) is 12.1 Å². The van der Waals surface area contributed by atoms with Crippen molar-refractivity contribution >= 4 is 11.4 Å². The van der Waals surface area contributed by atoms with Crippen LogP contribution in [0.3, 0.4) is 0 Å². The van der Waals surface area contributed by atoms with Crippen LogP contribution in [-0.2, 0) is 4.74 Å². The van der Waals surface area contributed by atoms with Crippen molar-refractivity contribution in [1.82, 2.24) is 4.90 Å². The molecule has 1 radical (unpaired) electrons. The average Bonchev–Trinajstić information content (AvgIpc) is 2.54. The van der Waals surface area contributed by atoms with Crippen molar-refractivity contribution in [3.8, 4) is 0 Å². The molecule has 1 saturated heterocycles. The molecular weight excluding hydrogens is 274 g/mol. The van der Waals surface area contributed by atoms with Crippen LogP contribution in [0.15, 0.2) is 18.2 Å². The highest BCUT2D eigenvalue weighted by Gasteiger charge is 2.13. The lowest BCUT2D eigenvalue weighted by molar-refractivity contribution is 0.0904. The average molecular weight is 304 g/mol. The summed E-state index contributed by atoms with van der Waals surface area (Å²) in [6.07, 6.45) is 2.15. The number of ether oxygens (including phenoxy) is 1. The largest absolute Gasteiger partial charge is 0.382 e. The summed E-state index contributed by atoms with van der Waals surface area (Å²) in [5.74, 6) is 0. The second-order valence-electron chi connectivity index (χ2n) is 6.05. The second kappa shape index (κ2) is 9.01. The summed E-state index contributed by atoms with van der Waals surface area (Å²) >= 11 is 0. The summed E-state index contributed by atoms with van der Waals surface area (Å²) < 4.78 is 5.40. The minimum Gasteiger partial charge on any atom is -0.382 e. The number of nitrogens with one attached hydrogen (secondary N) is 2. The third-order valence-electron chi connectivity index (χ3n) is 4.22. The lowest BCUT2D eigenvalue weighted by Gasteiger charge is -2.25. The smallest absolute Gasteiger partial charge is 0.0485 e. The third kappa shape index (κ3) is 5.50. The summed E-state index contributed by atoms with van der Waals surface area (Å²) in [5, 5.41) is 7.16. The van der Waals surface area contributed by atoms with E-state index >= 15 is 0 Å². The van der Waals surface area contributed by atoms with Gasteiger partial charge in [0.15, 0.2) is 0 Å². The summed E-state index contributed by atoms with van der Waals surface area (Å²) in [6, 6.07) is 10.5. The summed E-state index contributed by atoms with van der Waals surface area (Å²) in [5.41, 5.74) is 2.24. The summed E-state index contributed by atoms with van der Waals surface area (Å²) in [7, 11) is 0. The van der Waals surface area contributed by atoms with Crippen LogP contribution in [0.2, 0.25) is 0 Å². The molecule has 1 fully saturated rings. The van der Waals surface area contributed by atoms with Gasteiger partial charge >= 0.3 is 0 Å². The lowest BCUT2D eigenvalue weighted by Crippen LogP contribution is -2.34. The monoisotopic (exact) mass is 304 g/mol. The van der Waals surface area contributed by atoms with Crippen molar-refractivity contribution < 1.29 is 4.74 Å². The van der Waals surface area contributed by atoms with Crippen LogP contribution in [0.5, 0.6) is 0 Å². The number of benzene rings is 1. The highest BCUT2D eigenvalue weighted by atomic mass is 16.5. The van der Waals surface area contributed by atoms with Gasteiger partial charge in [-0.25, -0.2) is 0 Å². The SMILES string of the molecule is CCN(CC)CC(C)Nc1cc[c]c(NC2CCOCC2)c1. The molecule has 4 heteroatoms. The second-order valence-corrected chi connectivity index (χ2v) is 6.05. The maximum Gasteiger partial charge on any atom is 0.0485 e. The van der Waals surface area contributed by atoms with E-state index in [1.165, 1.54) is 0 Å².